The van der Waals surface area contributed by atoms with Crippen LogP contribution in [-0.2, 0) is 23.6 Å². The zero-order valence-corrected chi connectivity index (χ0v) is 11.8. The van der Waals surface area contributed by atoms with E-state index in [1.165, 1.54) is 19.3 Å². The van der Waals surface area contributed by atoms with E-state index in [-0.39, 0.29) is 22.7 Å². The first-order chi connectivity index (χ1) is 9.31. The van der Waals surface area contributed by atoms with Crippen LogP contribution in [0.2, 0.25) is 0 Å². The van der Waals surface area contributed by atoms with Crippen molar-refractivity contribution >= 4 is 15.7 Å². The molecule has 0 aliphatic carbocycles. The van der Waals surface area contributed by atoms with Crippen molar-refractivity contribution in [3.05, 3.63) is 35.7 Å². The first-order valence-corrected chi connectivity index (χ1v) is 7.18. The molecular weight excluding hydrogens is 285 g/mol. The van der Waals surface area contributed by atoms with Crippen LogP contribution in [-0.4, -0.2) is 23.2 Å². The van der Waals surface area contributed by atoms with E-state index in [4.69, 9.17) is 5.73 Å². The molecule has 0 saturated carbocycles. The van der Waals surface area contributed by atoms with Crippen LogP contribution in [0.1, 0.15) is 11.4 Å². The first kappa shape index (κ1) is 14.4. The molecule has 0 bridgehead atoms. The van der Waals surface area contributed by atoms with Crippen LogP contribution in [0.4, 0.5) is 10.1 Å². The normalized spacial score (nSPS) is 11.8. The summed E-state index contributed by atoms with van der Waals surface area (Å²) in [4.78, 5) is -0.222. The van der Waals surface area contributed by atoms with E-state index in [2.05, 4.69) is 14.9 Å². The molecule has 7 nitrogen and oxygen atoms in total. The Labute approximate surface area is 115 Å². The monoisotopic (exact) mass is 299 g/mol. The molecule has 0 unspecified atom stereocenters. The lowest BCUT2D eigenvalue weighted by Gasteiger charge is -2.09. The second kappa shape index (κ2) is 5.17. The summed E-state index contributed by atoms with van der Waals surface area (Å²) in [5, 5.41) is 7.38. The molecule has 1 aromatic carbocycles. The van der Waals surface area contributed by atoms with Crippen molar-refractivity contribution in [3.8, 4) is 0 Å². The molecule has 3 N–H and O–H groups in total. The average molecular weight is 299 g/mol. The lowest BCUT2D eigenvalue weighted by molar-refractivity contribution is 0.573. The number of sulfonamides is 1. The van der Waals surface area contributed by atoms with Crippen molar-refractivity contribution in [1.82, 2.24) is 19.5 Å². The summed E-state index contributed by atoms with van der Waals surface area (Å²) in [5.74, 6) is -0.224. The smallest absolute Gasteiger partial charge is 0.241 e. The number of halogens is 1. The van der Waals surface area contributed by atoms with Gasteiger partial charge in [0, 0.05) is 18.3 Å². The highest BCUT2D eigenvalue weighted by molar-refractivity contribution is 7.89. The predicted octanol–water partition coefficient (Wildman–Crippen LogP) is 0.323. The van der Waals surface area contributed by atoms with Gasteiger partial charge in [0.25, 0.3) is 0 Å². The molecule has 0 aliphatic rings. The Balaban J connectivity index is 2.25. The van der Waals surface area contributed by atoms with Gasteiger partial charge in [0.15, 0.2) is 0 Å². The topological polar surface area (TPSA) is 103 Å². The van der Waals surface area contributed by atoms with E-state index in [0.717, 1.165) is 6.07 Å². The number of nitrogens with one attached hydrogen (secondary N) is 1. The minimum atomic E-state index is -3.87. The minimum Gasteiger partial charge on any atom is -0.398 e. The molecular formula is C11H14FN5O2S. The fourth-order valence-electron chi connectivity index (χ4n) is 1.54. The molecule has 20 heavy (non-hydrogen) atoms. The van der Waals surface area contributed by atoms with Crippen molar-refractivity contribution < 1.29 is 12.8 Å². The van der Waals surface area contributed by atoms with E-state index in [9.17, 15) is 12.8 Å². The van der Waals surface area contributed by atoms with Crippen LogP contribution in [0.15, 0.2) is 23.4 Å². The molecule has 108 valence electrons. The minimum absolute atomic E-state index is 0.0474. The maximum Gasteiger partial charge on any atom is 0.241 e. The second-order valence-electron chi connectivity index (χ2n) is 4.30. The SMILES string of the molecule is Cc1c(N)cc(S(=O)(=O)NCc2nncn2C)cc1F. The standard InChI is InChI=1S/C11H14FN5O2S/c1-7-9(12)3-8(4-10(7)13)20(18,19)15-5-11-16-14-6-17(11)2/h3-4,6,15H,5,13H2,1-2H3. The number of nitrogens with two attached hydrogens (primary N) is 1. The van der Waals surface area contributed by atoms with Gasteiger partial charge in [0.1, 0.15) is 18.0 Å². The highest BCUT2D eigenvalue weighted by atomic mass is 32.2. The summed E-state index contributed by atoms with van der Waals surface area (Å²) < 4.78 is 41.6. The molecule has 0 radical (unpaired) electrons. The van der Waals surface area contributed by atoms with Gasteiger partial charge in [-0.05, 0) is 19.1 Å². The van der Waals surface area contributed by atoms with Gasteiger partial charge in [-0.2, -0.15) is 0 Å². The highest BCUT2D eigenvalue weighted by Gasteiger charge is 2.18. The number of anilines is 1. The zero-order chi connectivity index (χ0) is 14.9. The summed E-state index contributed by atoms with van der Waals surface area (Å²) >= 11 is 0. The molecule has 0 spiro atoms. The molecule has 9 heteroatoms. The predicted molar refractivity (Wildman–Crippen MR) is 70.6 cm³/mol. The maximum absolute atomic E-state index is 13.5. The van der Waals surface area contributed by atoms with Gasteiger partial charge >= 0.3 is 0 Å². The number of rotatable bonds is 4. The summed E-state index contributed by atoms with van der Waals surface area (Å²) in [6.45, 7) is 1.43. The Bertz CT molecular complexity index is 718. The van der Waals surface area contributed by atoms with E-state index in [1.807, 2.05) is 0 Å². The number of nitrogens with zero attached hydrogens (tertiary/aromatic N) is 3. The van der Waals surface area contributed by atoms with Crippen molar-refractivity contribution in [3.63, 3.8) is 0 Å². The molecule has 1 aromatic heterocycles. The third kappa shape index (κ3) is 2.78. The Hall–Kier alpha value is -2.00. The van der Waals surface area contributed by atoms with E-state index in [0.29, 0.717) is 5.82 Å². The van der Waals surface area contributed by atoms with Gasteiger partial charge in [0.05, 0.1) is 11.4 Å². The lowest BCUT2D eigenvalue weighted by Crippen LogP contribution is -2.25. The largest absolute Gasteiger partial charge is 0.398 e. The Kier molecular flexibility index (Phi) is 3.73. The van der Waals surface area contributed by atoms with Gasteiger partial charge in [0.2, 0.25) is 10.0 Å². The zero-order valence-electron chi connectivity index (χ0n) is 11.0. The fourth-order valence-corrected chi connectivity index (χ4v) is 2.57. The van der Waals surface area contributed by atoms with Gasteiger partial charge in [-0.3, -0.25) is 0 Å². The van der Waals surface area contributed by atoms with Crippen LogP contribution in [0.5, 0.6) is 0 Å². The number of hydrogen-bond acceptors (Lipinski definition) is 5. The van der Waals surface area contributed by atoms with Crippen molar-refractivity contribution in [2.75, 3.05) is 5.73 Å². The van der Waals surface area contributed by atoms with Crippen LogP contribution in [0, 0.1) is 12.7 Å². The Morgan fingerprint density at radius 3 is 2.70 bits per heavy atom. The van der Waals surface area contributed by atoms with Crippen LogP contribution < -0.4 is 10.5 Å². The van der Waals surface area contributed by atoms with E-state index >= 15 is 0 Å². The Morgan fingerprint density at radius 2 is 2.15 bits per heavy atom. The molecule has 0 amide bonds. The quantitative estimate of drug-likeness (QED) is 0.792. The number of nitrogen functional groups attached to an aromatic ring is 1. The summed E-state index contributed by atoms with van der Waals surface area (Å²) in [6, 6.07) is 2.15. The number of hydrogen-bond donors (Lipinski definition) is 2. The van der Waals surface area contributed by atoms with Gasteiger partial charge in [-0.15, -0.1) is 10.2 Å². The van der Waals surface area contributed by atoms with Crippen molar-refractivity contribution in [2.45, 2.75) is 18.4 Å². The molecule has 0 fully saturated rings. The fraction of sp³-hybridized carbons (Fsp3) is 0.273. The third-order valence-corrected chi connectivity index (χ3v) is 4.27. The maximum atomic E-state index is 13.5. The van der Waals surface area contributed by atoms with Gasteiger partial charge < -0.3 is 10.3 Å². The number of aryl methyl sites for hydroxylation is 1. The summed E-state index contributed by atoms with van der Waals surface area (Å²) in [7, 11) is -2.18. The van der Waals surface area contributed by atoms with Crippen LogP contribution in [0.25, 0.3) is 0 Å². The Morgan fingerprint density at radius 1 is 1.45 bits per heavy atom. The summed E-state index contributed by atoms with van der Waals surface area (Å²) in [6.07, 6.45) is 1.45. The second-order valence-corrected chi connectivity index (χ2v) is 6.07. The van der Waals surface area contributed by atoms with Crippen LogP contribution in [0.3, 0.4) is 0 Å². The number of aromatic nitrogens is 3. The number of benzene rings is 1. The molecule has 0 aliphatic heterocycles. The highest BCUT2D eigenvalue weighted by Crippen LogP contribution is 2.20. The lowest BCUT2D eigenvalue weighted by atomic mass is 10.2. The summed E-state index contributed by atoms with van der Waals surface area (Å²) in [5.41, 5.74) is 5.88. The third-order valence-electron chi connectivity index (χ3n) is 2.89. The molecule has 0 saturated heterocycles. The van der Waals surface area contributed by atoms with Crippen molar-refractivity contribution in [2.24, 2.45) is 7.05 Å². The molecule has 2 aromatic rings. The van der Waals surface area contributed by atoms with Crippen LogP contribution >= 0.6 is 0 Å². The van der Waals surface area contributed by atoms with E-state index in [1.54, 1.807) is 11.6 Å². The van der Waals surface area contributed by atoms with Crippen molar-refractivity contribution in [1.29, 1.82) is 0 Å². The van der Waals surface area contributed by atoms with Gasteiger partial charge in [-0.25, -0.2) is 17.5 Å². The molecule has 2 rings (SSSR count). The average Bonchev–Trinajstić information content (AvgIpc) is 2.78. The molecule has 1 heterocycles. The van der Waals surface area contributed by atoms with Gasteiger partial charge in [-0.1, -0.05) is 0 Å². The van der Waals surface area contributed by atoms with E-state index < -0.39 is 15.8 Å². The molecule has 0 atom stereocenters. The first-order valence-electron chi connectivity index (χ1n) is 5.69.